The van der Waals surface area contributed by atoms with Crippen molar-refractivity contribution >= 4 is 67.8 Å². The summed E-state index contributed by atoms with van der Waals surface area (Å²) in [5.41, 5.74) is 0.907. The van der Waals surface area contributed by atoms with E-state index in [-0.39, 0.29) is 0 Å². The SMILES string of the molecule is CCCOCCOc1c(C(OC)OC)cc(I)c(I)c1I. The van der Waals surface area contributed by atoms with Crippen LogP contribution in [0.3, 0.4) is 0 Å². The maximum Gasteiger partial charge on any atom is 0.186 e. The molecule has 0 aliphatic heterocycles. The van der Waals surface area contributed by atoms with Crippen molar-refractivity contribution in [3.8, 4) is 5.75 Å². The highest BCUT2D eigenvalue weighted by molar-refractivity contribution is 14.1. The van der Waals surface area contributed by atoms with Gasteiger partial charge in [-0.05, 0) is 80.3 Å². The highest BCUT2D eigenvalue weighted by Crippen LogP contribution is 2.37. The zero-order chi connectivity index (χ0) is 15.8. The summed E-state index contributed by atoms with van der Waals surface area (Å²) in [6, 6.07) is 2.05. The van der Waals surface area contributed by atoms with Crippen LogP contribution in [0.5, 0.6) is 5.75 Å². The summed E-state index contributed by atoms with van der Waals surface area (Å²) in [5, 5.41) is 0. The summed E-state index contributed by atoms with van der Waals surface area (Å²) in [4.78, 5) is 0. The first kappa shape index (κ1) is 20.1. The smallest absolute Gasteiger partial charge is 0.186 e. The summed E-state index contributed by atoms with van der Waals surface area (Å²) < 4.78 is 25.6. The molecule has 0 N–H and O–H groups in total. The van der Waals surface area contributed by atoms with Crippen LogP contribution in [0.15, 0.2) is 6.07 Å². The van der Waals surface area contributed by atoms with Gasteiger partial charge in [-0.15, -0.1) is 0 Å². The molecule has 0 aliphatic rings. The molecule has 0 bridgehead atoms. The monoisotopic (exact) mass is 632 g/mol. The fourth-order valence-corrected chi connectivity index (χ4v) is 4.00. The number of hydrogen-bond acceptors (Lipinski definition) is 4. The summed E-state index contributed by atoms with van der Waals surface area (Å²) >= 11 is 6.94. The average Bonchev–Trinajstić information content (AvgIpc) is 2.48. The molecule has 0 radical (unpaired) electrons. The normalized spacial score (nSPS) is 11.2. The molecule has 1 rings (SSSR count). The number of benzene rings is 1. The second-order valence-corrected chi connectivity index (χ2v) is 7.49. The third-order valence-corrected chi connectivity index (χ3v) is 7.72. The minimum absolute atomic E-state index is 0.435. The zero-order valence-corrected chi connectivity index (χ0v) is 18.7. The lowest BCUT2D eigenvalue weighted by Gasteiger charge is -2.21. The number of halogens is 3. The second kappa shape index (κ2) is 10.8. The van der Waals surface area contributed by atoms with E-state index in [4.69, 9.17) is 18.9 Å². The molecule has 0 saturated carbocycles. The lowest BCUT2D eigenvalue weighted by molar-refractivity contribution is -0.107. The fourth-order valence-electron chi connectivity index (χ4n) is 1.72. The van der Waals surface area contributed by atoms with E-state index in [2.05, 4.69) is 74.7 Å². The van der Waals surface area contributed by atoms with E-state index in [0.717, 1.165) is 31.5 Å². The Kier molecular flexibility index (Phi) is 10.3. The number of rotatable bonds is 9. The molecule has 0 spiro atoms. The van der Waals surface area contributed by atoms with Gasteiger partial charge in [-0.25, -0.2) is 0 Å². The molecule has 4 nitrogen and oxygen atoms in total. The van der Waals surface area contributed by atoms with Crippen LogP contribution in [-0.4, -0.2) is 34.0 Å². The maximum absolute atomic E-state index is 5.93. The van der Waals surface area contributed by atoms with Gasteiger partial charge in [-0.3, -0.25) is 0 Å². The Bertz CT molecular complexity index is 450. The lowest BCUT2D eigenvalue weighted by Crippen LogP contribution is -2.13. The van der Waals surface area contributed by atoms with Crippen molar-refractivity contribution in [1.82, 2.24) is 0 Å². The van der Waals surface area contributed by atoms with Gasteiger partial charge in [0.05, 0.1) is 15.7 Å². The molecule has 0 aliphatic carbocycles. The number of methoxy groups -OCH3 is 2. The molecule has 0 amide bonds. The van der Waals surface area contributed by atoms with Crippen molar-refractivity contribution in [2.75, 3.05) is 34.0 Å². The molecule has 0 atom stereocenters. The van der Waals surface area contributed by atoms with Gasteiger partial charge in [0.2, 0.25) is 0 Å². The molecule has 0 unspecified atom stereocenters. The van der Waals surface area contributed by atoms with Crippen LogP contribution in [0.4, 0.5) is 0 Å². The molecular weight excluding hydrogens is 613 g/mol. The van der Waals surface area contributed by atoms with Crippen molar-refractivity contribution in [2.24, 2.45) is 0 Å². The van der Waals surface area contributed by atoms with Crippen molar-refractivity contribution in [2.45, 2.75) is 19.6 Å². The van der Waals surface area contributed by atoms with Crippen LogP contribution in [0, 0.1) is 10.7 Å². The van der Waals surface area contributed by atoms with Gasteiger partial charge in [-0.2, -0.15) is 0 Å². The van der Waals surface area contributed by atoms with Crippen molar-refractivity contribution in [1.29, 1.82) is 0 Å². The molecule has 1 aromatic carbocycles. The van der Waals surface area contributed by atoms with Crippen LogP contribution >= 0.6 is 67.8 Å². The first-order chi connectivity index (χ1) is 10.1. The second-order valence-electron chi connectivity index (χ2n) is 4.17. The fraction of sp³-hybridized carbons (Fsp3) is 0.571. The predicted molar refractivity (Wildman–Crippen MR) is 108 cm³/mol. The molecule has 120 valence electrons. The third kappa shape index (κ3) is 5.90. The van der Waals surface area contributed by atoms with E-state index in [1.165, 1.54) is 3.57 Å². The van der Waals surface area contributed by atoms with Gasteiger partial charge in [0.15, 0.2) is 6.29 Å². The van der Waals surface area contributed by atoms with E-state index < -0.39 is 6.29 Å². The Morgan fingerprint density at radius 2 is 1.67 bits per heavy atom. The molecule has 0 aromatic heterocycles. The molecule has 7 heteroatoms. The van der Waals surface area contributed by atoms with Crippen molar-refractivity contribution < 1.29 is 18.9 Å². The van der Waals surface area contributed by atoms with Crippen molar-refractivity contribution in [3.05, 3.63) is 22.3 Å². The van der Waals surface area contributed by atoms with E-state index in [1.807, 2.05) is 6.07 Å². The molecule has 0 heterocycles. The van der Waals surface area contributed by atoms with Crippen LogP contribution in [0.1, 0.15) is 25.2 Å². The predicted octanol–water partition coefficient (Wildman–Crippen LogP) is 4.60. The largest absolute Gasteiger partial charge is 0.490 e. The van der Waals surface area contributed by atoms with E-state index in [1.54, 1.807) is 14.2 Å². The average molecular weight is 632 g/mol. The Morgan fingerprint density at radius 1 is 1.00 bits per heavy atom. The van der Waals surface area contributed by atoms with Crippen molar-refractivity contribution in [3.63, 3.8) is 0 Å². The molecular formula is C14H19I3O4. The molecule has 1 aromatic rings. The Hall–Kier alpha value is 1.09. The molecule has 0 fully saturated rings. The minimum Gasteiger partial charge on any atom is -0.490 e. The zero-order valence-electron chi connectivity index (χ0n) is 12.3. The first-order valence-electron chi connectivity index (χ1n) is 6.50. The topological polar surface area (TPSA) is 36.9 Å². The Labute approximate surface area is 167 Å². The van der Waals surface area contributed by atoms with Gasteiger partial charge >= 0.3 is 0 Å². The standard InChI is InChI=1S/C14H19I3O4/c1-4-5-20-6-7-21-13-9(14(18-2)19-3)8-10(15)11(16)12(13)17/h8,14H,4-7H2,1-3H3. The van der Waals surface area contributed by atoms with E-state index >= 15 is 0 Å². The minimum atomic E-state index is -0.435. The van der Waals surface area contributed by atoms with Gasteiger partial charge in [-0.1, -0.05) is 6.92 Å². The van der Waals surface area contributed by atoms with Gasteiger partial charge in [0, 0.05) is 28.0 Å². The quantitative estimate of drug-likeness (QED) is 0.173. The summed E-state index contributed by atoms with van der Waals surface area (Å²) in [6.45, 7) is 3.94. The lowest BCUT2D eigenvalue weighted by atomic mass is 10.2. The highest BCUT2D eigenvalue weighted by Gasteiger charge is 2.21. The molecule has 0 saturated heterocycles. The molecule has 21 heavy (non-hydrogen) atoms. The Balaban J connectivity index is 2.95. The van der Waals surface area contributed by atoms with Crippen LogP contribution in [-0.2, 0) is 14.2 Å². The maximum atomic E-state index is 5.93. The first-order valence-corrected chi connectivity index (χ1v) is 9.73. The van der Waals surface area contributed by atoms with E-state index in [0.29, 0.717) is 13.2 Å². The van der Waals surface area contributed by atoms with Gasteiger partial charge in [0.25, 0.3) is 0 Å². The summed E-state index contributed by atoms with van der Waals surface area (Å²) in [6.07, 6.45) is 0.579. The van der Waals surface area contributed by atoms with Crippen LogP contribution in [0.25, 0.3) is 0 Å². The Morgan fingerprint density at radius 3 is 2.24 bits per heavy atom. The van der Waals surface area contributed by atoms with E-state index in [9.17, 15) is 0 Å². The number of ether oxygens (including phenoxy) is 4. The summed E-state index contributed by atoms with van der Waals surface area (Å²) in [7, 11) is 3.25. The summed E-state index contributed by atoms with van der Waals surface area (Å²) in [5.74, 6) is 0.814. The van der Waals surface area contributed by atoms with Gasteiger partial charge < -0.3 is 18.9 Å². The number of hydrogen-bond donors (Lipinski definition) is 0. The van der Waals surface area contributed by atoms with Crippen LogP contribution < -0.4 is 4.74 Å². The highest BCUT2D eigenvalue weighted by atomic mass is 127. The van der Waals surface area contributed by atoms with Gasteiger partial charge in [0.1, 0.15) is 12.4 Å². The van der Waals surface area contributed by atoms with Crippen LogP contribution in [0.2, 0.25) is 0 Å². The third-order valence-electron chi connectivity index (χ3n) is 2.65.